The van der Waals surface area contributed by atoms with Gasteiger partial charge in [0.1, 0.15) is 5.82 Å². The fourth-order valence-corrected chi connectivity index (χ4v) is 2.27. The van der Waals surface area contributed by atoms with E-state index in [1.54, 1.807) is 6.20 Å². The molecule has 1 amide bonds. The lowest BCUT2D eigenvalue weighted by Gasteiger charge is -2.35. The second kappa shape index (κ2) is 2.10. The quantitative estimate of drug-likeness (QED) is 0.647. The van der Waals surface area contributed by atoms with E-state index in [0.29, 0.717) is 0 Å². The molecule has 3 rings (SSSR count). The number of aromatic nitrogens is 1. The molecule has 0 saturated heterocycles. The largest absolute Gasteiger partial charge is 0.310 e. The molecular weight excluding hydrogens is 164 g/mol. The van der Waals surface area contributed by atoms with Crippen molar-refractivity contribution in [3.63, 3.8) is 0 Å². The maximum Gasteiger partial charge on any atom is 0.236 e. The monoisotopic (exact) mass is 174 g/mol. The van der Waals surface area contributed by atoms with Crippen molar-refractivity contribution < 1.29 is 4.79 Å². The summed E-state index contributed by atoms with van der Waals surface area (Å²) in [4.78, 5) is 15.8. The molecule has 1 N–H and O–H groups in total. The average Bonchev–Trinajstić information content (AvgIpc) is 2.35. The van der Waals surface area contributed by atoms with Crippen LogP contribution in [0.25, 0.3) is 0 Å². The zero-order chi connectivity index (χ0) is 8.89. The lowest BCUT2D eigenvalue weighted by Crippen LogP contribution is -2.40. The van der Waals surface area contributed by atoms with Crippen LogP contribution in [-0.4, -0.2) is 10.9 Å². The van der Waals surface area contributed by atoms with Gasteiger partial charge in [-0.1, -0.05) is 12.5 Å². The standard InChI is InChI=1S/C10H10N2O/c13-9-10(4-2-5-10)7-3-1-6-11-8(7)12-9/h1,3,6H,2,4-5H2,(H,11,12,13). The van der Waals surface area contributed by atoms with E-state index >= 15 is 0 Å². The van der Waals surface area contributed by atoms with Crippen LogP contribution in [0.4, 0.5) is 5.82 Å². The first-order valence-electron chi connectivity index (χ1n) is 4.60. The molecule has 1 fully saturated rings. The minimum Gasteiger partial charge on any atom is -0.310 e. The van der Waals surface area contributed by atoms with Crippen molar-refractivity contribution in [2.45, 2.75) is 24.7 Å². The molecule has 3 nitrogen and oxygen atoms in total. The maximum absolute atomic E-state index is 11.7. The highest BCUT2D eigenvalue weighted by molar-refractivity contribution is 6.05. The molecule has 1 aromatic heterocycles. The van der Waals surface area contributed by atoms with E-state index in [9.17, 15) is 4.79 Å². The summed E-state index contributed by atoms with van der Waals surface area (Å²) in [7, 11) is 0. The molecule has 3 heteroatoms. The van der Waals surface area contributed by atoms with Gasteiger partial charge in [-0.2, -0.15) is 0 Å². The molecule has 0 aromatic carbocycles. The van der Waals surface area contributed by atoms with Crippen LogP contribution >= 0.6 is 0 Å². The first-order chi connectivity index (χ1) is 6.33. The van der Waals surface area contributed by atoms with E-state index in [1.165, 1.54) is 0 Å². The molecule has 0 unspecified atom stereocenters. The summed E-state index contributed by atoms with van der Waals surface area (Å²) < 4.78 is 0. The Morgan fingerprint density at radius 3 is 3.00 bits per heavy atom. The van der Waals surface area contributed by atoms with Crippen molar-refractivity contribution in [3.8, 4) is 0 Å². The summed E-state index contributed by atoms with van der Waals surface area (Å²) in [6.07, 6.45) is 4.84. The Bertz CT molecular complexity index is 382. The summed E-state index contributed by atoms with van der Waals surface area (Å²) >= 11 is 0. The molecule has 0 atom stereocenters. The van der Waals surface area contributed by atoms with Gasteiger partial charge in [-0.05, 0) is 18.9 Å². The molecule has 1 aliphatic carbocycles. The van der Waals surface area contributed by atoms with E-state index in [1.807, 2.05) is 12.1 Å². The van der Waals surface area contributed by atoms with E-state index < -0.39 is 0 Å². The summed E-state index contributed by atoms with van der Waals surface area (Å²) in [5.74, 6) is 0.916. The predicted octanol–water partition coefficient (Wildman–Crippen LogP) is 1.46. The Balaban J connectivity index is 2.20. The maximum atomic E-state index is 11.7. The number of anilines is 1. The molecule has 0 radical (unpaired) electrons. The highest BCUT2D eigenvalue weighted by atomic mass is 16.2. The molecule has 0 bridgehead atoms. The highest BCUT2D eigenvalue weighted by Gasteiger charge is 2.51. The van der Waals surface area contributed by atoms with E-state index in [-0.39, 0.29) is 11.3 Å². The molecule has 1 saturated carbocycles. The Kier molecular flexibility index (Phi) is 1.14. The Morgan fingerprint density at radius 1 is 1.46 bits per heavy atom. The fraction of sp³-hybridized carbons (Fsp3) is 0.400. The Morgan fingerprint density at radius 2 is 2.31 bits per heavy atom. The normalized spacial score (nSPS) is 22.3. The van der Waals surface area contributed by atoms with Crippen molar-refractivity contribution in [1.82, 2.24) is 4.98 Å². The fourth-order valence-electron chi connectivity index (χ4n) is 2.27. The Labute approximate surface area is 76.2 Å². The third-order valence-electron chi connectivity index (χ3n) is 3.20. The van der Waals surface area contributed by atoms with Crippen molar-refractivity contribution in [2.24, 2.45) is 0 Å². The zero-order valence-corrected chi connectivity index (χ0v) is 7.21. The van der Waals surface area contributed by atoms with Crippen molar-refractivity contribution >= 4 is 11.7 Å². The third-order valence-corrected chi connectivity index (χ3v) is 3.20. The van der Waals surface area contributed by atoms with Crippen molar-refractivity contribution in [1.29, 1.82) is 0 Å². The van der Waals surface area contributed by atoms with E-state index in [2.05, 4.69) is 10.3 Å². The van der Waals surface area contributed by atoms with Crippen molar-refractivity contribution in [3.05, 3.63) is 23.9 Å². The van der Waals surface area contributed by atoms with Crippen LogP contribution in [-0.2, 0) is 10.2 Å². The minimum atomic E-state index is -0.205. The van der Waals surface area contributed by atoms with Gasteiger partial charge in [0.15, 0.2) is 0 Å². The van der Waals surface area contributed by atoms with Crippen LogP contribution in [0.1, 0.15) is 24.8 Å². The Hall–Kier alpha value is -1.38. The number of amides is 1. The van der Waals surface area contributed by atoms with E-state index in [4.69, 9.17) is 0 Å². The number of nitrogens with zero attached hydrogens (tertiary/aromatic N) is 1. The lowest BCUT2D eigenvalue weighted by molar-refractivity contribution is -0.123. The van der Waals surface area contributed by atoms with E-state index in [0.717, 1.165) is 30.6 Å². The van der Waals surface area contributed by atoms with Crippen LogP contribution in [0, 0.1) is 0 Å². The molecular formula is C10H10N2O. The van der Waals surface area contributed by atoms with Gasteiger partial charge >= 0.3 is 0 Å². The molecule has 1 aromatic rings. The van der Waals surface area contributed by atoms with Crippen molar-refractivity contribution in [2.75, 3.05) is 5.32 Å². The van der Waals surface area contributed by atoms with Crippen LogP contribution in [0.5, 0.6) is 0 Å². The van der Waals surface area contributed by atoms with Gasteiger partial charge in [0.05, 0.1) is 5.41 Å². The molecule has 66 valence electrons. The van der Waals surface area contributed by atoms with Gasteiger partial charge in [0, 0.05) is 11.8 Å². The summed E-state index contributed by atoms with van der Waals surface area (Å²) in [6.45, 7) is 0. The average molecular weight is 174 g/mol. The van der Waals surface area contributed by atoms with Crippen LogP contribution < -0.4 is 5.32 Å². The van der Waals surface area contributed by atoms with Gasteiger partial charge in [-0.15, -0.1) is 0 Å². The first-order valence-corrected chi connectivity index (χ1v) is 4.60. The van der Waals surface area contributed by atoms with Gasteiger partial charge < -0.3 is 5.32 Å². The molecule has 1 spiro atoms. The highest BCUT2D eigenvalue weighted by Crippen LogP contribution is 2.49. The van der Waals surface area contributed by atoms with Crippen LogP contribution in [0.2, 0.25) is 0 Å². The van der Waals surface area contributed by atoms with Crippen LogP contribution in [0.3, 0.4) is 0 Å². The minimum absolute atomic E-state index is 0.146. The number of hydrogen-bond acceptors (Lipinski definition) is 2. The number of nitrogens with one attached hydrogen (secondary N) is 1. The molecule has 2 aliphatic rings. The number of carbonyl (C=O) groups is 1. The second-order valence-electron chi connectivity index (χ2n) is 3.79. The number of pyridine rings is 1. The summed E-state index contributed by atoms with van der Waals surface area (Å²) in [5, 5.41) is 2.84. The topological polar surface area (TPSA) is 42.0 Å². The number of hydrogen-bond donors (Lipinski definition) is 1. The SMILES string of the molecule is O=C1Nc2ncccc2C12CCC2. The third kappa shape index (κ3) is 0.698. The first kappa shape index (κ1) is 7.06. The van der Waals surface area contributed by atoms with Gasteiger partial charge in [-0.3, -0.25) is 4.79 Å². The molecule has 1 aliphatic heterocycles. The molecule has 13 heavy (non-hydrogen) atoms. The number of rotatable bonds is 0. The van der Waals surface area contributed by atoms with Gasteiger partial charge in [0.25, 0.3) is 0 Å². The lowest BCUT2D eigenvalue weighted by atomic mass is 9.65. The number of fused-ring (bicyclic) bond motifs is 2. The summed E-state index contributed by atoms with van der Waals surface area (Å²) in [5.41, 5.74) is 0.898. The predicted molar refractivity (Wildman–Crippen MR) is 48.4 cm³/mol. The van der Waals surface area contributed by atoms with Gasteiger partial charge in [-0.25, -0.2) is 4.98 Å². The van der Waals surface area contributed by atoms with Gasteiger partial charge in [0.2, 0.25) is 5.91 Å². The smallest absolute Gasteiger partial charge is 0.236 e. The molecule has 2 heterocycles. The van der Waals surface area contributed by atoms with Crippen LogP contribution in [0.15, 0.2) is 18.3 Å². The zero-order valence-electron chi connectivity index (χ0n) is 7.21. The summed E-state index contributed by atoms with van der Waals surface area (Å²) in [6, 6.07) is 3.92. The second-order valence-corrected chi connectivity index (χ2v) is 3.79. The number of carbonyl (C=O) groups excluding carboxylic acids is 1.